The summed E-state index contributed by atoms with van der Waals surface area (Å²) in [6.07, 6.45) is 0. The van der Waals surface area contributed by atoms with Gasteiger partial charge < -0.3 is 0 Å². The molecule has 2 nitrogen and oxygen atoms in total. The predicted molar refractivity (Wildman–Crippen MR) is 35.1 cm³/mol. The third-order valence-corrected chi connectivity index (χ3v) is 1.17. The first-order valence-corrected chi connectivity index (χ1v) is 2.93. The lowest BCUT2D eigenvalue weighted by Gasteiger charge is -1.86. The van der Waals surface area contributed by atoms with E-state index >= 15 is 0 Å². The average Bonchev–Trinajstić information content (AvgIpc) is 2.05. The van der Waals surface area contributed by atoms with Gasteiger partial charge >= 0.3 is 11.3 Å². The standard InChI is InChI=1S/C7H5F2NO/c8-10(9)7(11)6-4-2-1-3-5-6/h1-5H/q+1. The second-order valence-corrected chi connectivity index (χ2v) is 1.90. The Hall–Kier alpha value is -1.29. The van der Waals surface area contributed by atoms with Crippen molar-refractivity contribution in [2.75, 3.05) is 0 Å². The van der Waals surface area contributed by atoms with Crippen molar-refractivity contribution in [1.29, 1.82) is 0 Å². The van der Waals surface area contributed by atoms with E-state index in [9.17, 15) is 13.8 Å². The number of hydrogen-bond acceptors (Lipinski definition) is 1. The van der Waals surface area contributed by atoms with Gasteiger partial charge in [0.2, 0.25) is 0 Å². The molecule has 0 saturated carbocycles. The molecule has 0 N–H and O–H groups in total. The van der Waals surface area contributed by atoms with Crippen LogP contribution in [-0.4, -0.2) is 5.91 Å². The molecule has 0 aliphatic rings. The fraction of sp³-hybridized carbons (Fsp3) is 0. The Kier molecular flexibility index (Phi) is 2.28. The minimum Gasteiger partial charge on any atom is -0.211 e. The Morgan fingerprint density at radius 1 is 1.18 bits per heavy atom. The maximum Gasteiger partial charge on any atom is 0.485 e. The first-order valence-electron chi connectivity index (χ1n) is 2.93. The fourth-order valence-corrected chi connectivity index (χ4v) is 0.678. The number of amides is 1. The fourth-order valence-electron chi connectivity index (χ4n) is 0.678. The Morgan fingerprint density at radius 2 is 1.73 bits per heavy atom. The van der Waals surface area contributed by atoms with Gasteiger partial charge in [0.1, 0.15) is 8.96 Å². The molecule has 1 radical (unpaired) electrons. The van der Waals surface area contributed by atoms with Crippen molar-refractivity contribution in [3.05, 3.63) is 35.9 Å². The number of carbonyl (C=O) groups is 1. The minimum absolute atomic E-state index is 0.0162. The molecule has 0 aromatic heterocycles. The maximum absolute atomic E-state index is 11.6. The third kappa shape index (κ3) is 1.81. The van der Waals surface area contributed by atoms with Crippen molar-refractivity contribution in [3.63, 3.8) is 0 Å². The highest BCUT2D eigenvalue weighted by molar-refractivity contribution is 5.94. The van der Waals surface area contributed by atoms with Crippen molar-refractivity contribution in [2.45, 2.75) is 0 Å². The Morgan fingerprint density at radius 3 is 2.18 bits per heavy atom. The molecule has 1 rings (SSSR count). The summed E-state index contributed by atoms with van der Waals surface area (Å²) in [4.78, 5) is 10.5. The molecule has 0 unspecified atom stereocenters. The molecule has 1 aromatic carbocycles. The van der Waals surface area contributed by atoms with E-state index in [0.29, 0.717) is 0 Å². The van der Waals surface area contributed by atoms with Crippen LogP contribution in [0.15, 0.2) is 30.3 Å². The largest absolute Gasteiger partial charge is 0.485 e. The lowest BCUT2D eigenvalue weighted by atomic mass is 10.2. The zero-order chi connectivity index (χ0) is 8.27. The number of hydrogen-bond donors (Lipinski definition) is 0. The molecule has 0 aliphatic carbocycles. The van der Waals surface area contributed by atoms with Crippen LogP contribution in [0.25, 0.3) is 0 Å². The van der Waals surface area contributed by atoms with Crippen LogP contribution in [0.3, 0.4) is 0 Å². The summed E-state index contributed by atoms with van der Waals surface area (Å²) in [5.41, 5.74) is -0.0162. The first-order chi connectivity index (χ1) is 5.22. The number of rotatable bonds is 1. The van der Waals surface area contributed by atoms with E-state index in [2.05, 4.69) is 0 Å². The highest BCUT2D eigenvalue weighted by atomic mass is 19.4. The first kappa shape index (κ1) is 7.81. The van der Waals surface area contributed by atoms with Gasteiger partial charge in [-0.25, -0.2) is 4.79 Å². The van der Waals surface area contributed by atoms with Crippen LogP contribution in [0.4, 0.5) is 8.96 Å². The zero-order valence-electron chi connectivity index (χ0n) is 5.50. The monoisotopic (exact) mass is 157 g/mol. The third-order valence-electron chi connectivity index (χ3n) is 1.17. The van der Waals surface area contributed by atoms with Crippen LogP contribution in [0, 0.1) is 0 Å². The Bertz CT molecular complexity index is 248. The Balaban J connectivity index is 2.86. The van der Waals surface area contributed by atoms with Crippen molar-refractivity contribution in [3.8, 4) is 0 Å². The van der Waals surface area contributed by atoms with Crippen LogP contribution < -0.4 is 5.34 Å². The highest BCUT2D eigenvalue weighted by Crippen LogP contribution is 2.02. The summed E-state index contributed by atoms with van der Waals surface area (Å²) in [6.45, 7) is 0. The highest BCUT2D eigenvalue weighted by Gasteiger charge is 2.31. The van der Waals surface area contributed by atoms with E-state index in [1.54, 1.807) is 6.07 Å². The van der Waals surface area contributed by atoms with Gasteiger partial charge in [0, 0.05) is 0 Å². The topological polar surface area (TPSA) is 23.0 Å². The average molecular weight is 157 g/mol. The van der Waals surface area contributed by atoms with E-state index in [1.807, 2.05) is 0 Å². The van der Waals surface area contributed by atoms with Gasteiger partial charge in [-0.1, -0.05) is 18.2 Å². The molecule has 0 atom stereocenters. The van der Waals surface area contributed by atoms with Gasteiger partial charge in [-0.05, 0) is 12.1 Å². The molecule has 0 fully saturated rings. The predicted octanol–water partition coefficient (Wildman–Crippen LogP) is 1.74. The Labute approximate surface area is 61.9 Å². The number of halogens is 2. The van der Waals surface area contributed by atoms with Crippen molar-refractivity contribution < 1.29 is 13.8 Å². The van der Waals surface area contributed by atoms with Gasteiger partial charge in [-0.2, -0.15) is 0 Å². The van der Waals surface area contributed by atoms with E-state index in [1.165, 1.54) is 24.3 Å². The summed E-state index contributed by atoms with van der Waals surface area (Å²) in [5.74, 6) is -1.29. The molecular formula is C7H5F2NO+. The molecule has 1 amide bonds. The van der Waals surface area contributed by atoms with Crippen LogP contribution in [0.5, 0.6) is 0 Å². The summed E-state index contributed by atoms with van der Waals surface area (Å²) in [6, 6.07) is 7.36. The summed E-state index contributed by atoms with van der Waals surface area (Å²) in [5, 5.41) is -1.44. The molecule has 4 heteroatoms. The van der Waals surface area contributed by atoms with Crippen LogP contribution in [0.1, 0.15) is 10.4 Å². The molecular weight excluding hydrogens is 152 g/mol. The minimum atomic E-state index is -1.44. The quantitative estimate of drug-likeness (QED) is 0.569. The van der Waals surface area contributed by atoms with E-state index < -0.39 is 11.3 Å². The summed E-state index contributed by atoms with van der Waals surface area (Å²) in [7, 11) is 0. The van der Waals surface area contributed by atoms with Crippen LogP contribution >= 0.6 is 0 Å². The number of benzene rings is 1. The smallest absolute Gasteiger partial charge is 0.211 e. The zero-order valence-corrected chi connectivity index (χ0v) is 5.50. The molecule has 0 saturated heterocycles. The van der Waals surface area contributed by atoms with Gasteiger partial charge in [-0.15, -0.1) is 0 Å². The van der Waals surface area contributed by atoms with Gasteiger partial charge in [0.15, 0.2) is 0 Å². The van der Waals surface area contributed by atoms with Crippen molar-refractivity contribution >= 4 is 5.91 Å². The lowest BCUT2D eigenvalue weighted by Crippen LogP contribution is -2.18. The number of nitrogens with zero attached hydrogens (tertiary/aromatic N) is 1. The van der Waals surface area contributed by atoms with Crippen molar-refractivity contribution in [1.82, 2.24) is 5.34 Å². The van der Waals surface area contributed by atoms with Gasteiger partial charge in [0.25, 0.3) is 0 Å². The van der Waals surface area contributed by atoms with Gasteiger partial charge in [0.05, 0.1) is 5.56 Å². The molecule has 0 bridgehead atoms. The normalized spacial score (nSPS) is 10.1. The molecule has 11 heavy (non-hydrogen) atoms. The van der Waals surface area contributed by atoms with E-state index in [-0.39, 0.29) is 5.56 Å². The molecule has 1 aromatic rings. The summed E-state index contributed by atoms with van der Waals surface area (Å²) >= 11 is 0. The second kappa shape index (κ2) is 3.21. The van der Waals surface area contributed by atoms with Crippen molar-refractivity contribution in [2.24, 2.45) is 0 Å². The molecule has 0 aliphatic heterocycles. The summed E-state index contributed by atoms with van der Waals surface area (Å²) < 4.78 is 23.2. The second-order valence-electron chi connectivity index (χ2n) is 1.90. The maximum atomic E-state index is 11.6. The SMILES string of the molecule is O=C(c1ccccc1)[N+](F)F. The molecule has 0 heterocycles. The van der Waals surface area contributed by atoms with E-state index in [4.69, 9.17) is 0 Å². The lowest BCUT2D eigenvalue weighted by molar-refractivity contribution is -0.0193. The molecule has 0 spiro atoms. The number of carbonyl (C=O) groups excluding carboxylic acids is 1. The van der Waals surface area contributed by atoms with Crippen LogP contribution in [0.2, 0.25) is 0 Å². The molecule has 57 valence electrons. The van der Waals surface area contributed by atoms with Gasteiger partial charge in [-0.3, -0.25) is 0 Å². The van der Waals surface area contributed by atoms with Crippen LogP contribution in [-0.2, 0) is 0 Å². The van der Waals surface area contributed by atoms with E-state index in [0.717, 1.165) is 0 Å².